The van der Waals surface area contributed by atoms with Crippen molar-refractivity contribution in [2.75, 3.05) is 31.9 Å². The first-order chi connectivity index (χ1) is 13.5. The molecule has 156 valence electrons. The number of nitrogens with zero attached hydrogens (tertiary/aromatic N) is 4. The van der Waals surface area contributed by atoms with Crippen LogP contribution >= 0.6 is 11.3 Å². The van der Waals surface area contributed by atoms with Gasteiger partial charge in [0.2, 0.25) is 0 Å². The van der Waals surface area contributed by atoms with Crippen molar-refractivity contribution in [3.63, 3.8) is 0 Å². The molecule has 2 aromatic heterocycles. The van der Waals surface area contributed by atoms with E-state index in [0.29, 0.717) is 41.6 Å². The predicted octanol–water partition coefficient (Wildman–Crippen LogP) is 2.83. The highest BCUT2D eigenvalue weighted by Crippen LogP contribution is 2.38. The zero-order valence-corrected chi connectivity index (χ0v) is 18.3. The third-order valence-electron chi connectivity index (χ3n) is 5.75. The number of anilines is 1. The van der Waals surface area contributed by atoms with E-state index in [4.69, 9.17) is 10.5 Å². The van der Waals surface area contributed by atoms with E-state index in [2.05, 4.69) is 10.2 Å². The molecular formula is C20H27N5O3S. The van der Waals surface area contributed by atoms with Crippen LogP contribution in [0.2, 0.25) is 0 Å². The summed E-state index contributed by atoms with van der Waals surface area (Å²) in [6.45, 7) is 11.9. The van der Waals surface area contributed by atoms with Gasteiger partial charge in [0.1, 0.15) is 15.3 Å². The number of carbonyl (C=O) groups excluding carboxylic acids is 2. The molecule has 4 rings (SSSR count). The summed E-state index contributed by atoms with van der Waals surface area (Å²) in [7, 11) is 0. The monoisotopic (exact) mass is 417 g/mol. The molecular weight excluding hydrogens is 390 g/mol. The van der Waals surface area contributed by atoms with Crippen LogP contribution in [-0.4, -0.2) is 63.8 Å². The molecule has 2 unspecified atom stereocenters. The Labute approximate surface area is 174 Å². The van der Waals surface area contributed by atoms with Crippen LogP contribution in [-0.2, 0) is 4.74 Å². The quantitative estimate of drug-likeness (QED) is 0.766. The zero-order chi connectivity index (χ0) is 21.1. The lowest BCUT2D eigenvalue weighted by atomic mass is 10.0. The van der Waals surface area contributed by atoms with Crippen LogP contribution in [0.4, 0.5) is 10.5 Å². The van der Waals surface area contributed by atoms with Crippen LogP contribution < -0.4 is 5.73 Å². The van der Waals surface area contributed by atoms with Crippen LogP contribution in [0.5, 0.6) is 0 Å². The van der Waals surface area contributed by atoms with Crippen molar-refractivity contribution in [2.24, 2.45) is 11.8 Å². The van der Waals surface area contributed by atoms with Gasteiger partial charge in [-0.15, -0.1) is 16.4 Å². The molecule has 4 heterocycles. The molecule has 29 heavy (non-hydrogen) atoms. The normalized spacial score (nSPS) is 21.7. The van der Waals surface area contributed by atoms with Crippen molar-refractivity contribution in [1.29, 1.82) is 0 Å². The summed E-state index contributed by atoms with van der Waals surface area (Å²) in [4.78, 5) is 30.4. The lowest BCUT2D eigenvalue weighted by Crippen LogP contribution is -2.38. The standard InChI is InChI=1S/C20H27N5O3S/c1-10-11(2)22-23-17-14(10)15(21)16(29-17)18(26)24-6-12-8-25(9-13(12)7-24)19(27)28-20(3,4)5/h12-13H,6-9,21H2,1-5H3. The van der Waals surface area contributed by atoms with Gasteiger partial charge in [0, 0.05) is 43.4 Å². The maximum atomic E-state index is 13.2. The number of fused-ring (bicyclic) bond motifs is 2. The van der Waals surface area contributed by atoms with Crippen molar-refractivity contribution < 1.29 is 14.3 Å². The van der Waals surface area contributed by atoms with E-state index in [0.717, 1.165) is 16.6 Å². The van der Waals surface area contributed by atoms with Crippen molar-refractivity contribution in [1.82, 2.24) is 20.0 Å². The minimum atomic E-state index is -0.505. The van der Waals surface area contributed by atoms with E-state index in [1.54, 1.807) is 4.90 Å². The van der Waals surface area contributed by atoms with Crippen LogP contribution in [0.15, 0.2) is 0 Å². The number of amides is 2. The molecule has 2 amide bonds. The third-order valence-corrected chi connectivity index (χ3v) is 6.83. The number of likely N-dealkylation sites (tertiary alicyclic amines) is 2. The zero-order valence-electron chi connectivity index (χ0n) is 17.5. The third kappa shape index (κ3) is 3.52. The van der Waals surface area contributed by atoms with Gasteiger partial charge in [-0.2, -0.15) is 5.10 Å². The van der Waals surface area contributed by atoms with E-state index in [1.165, 1.54) is 11.3 Å². The number of aromatic nitrogens is 2. The second-order valence-corrected chi connectivity index (χ2v) is 10.1. The van der Waals surface area contributed by atoms with Gasteiger partial charge in [-0.3, -0.25) is 4.79 Å². The van der Waals surface area contributed by atoms with Crippen LogP contribution in [0.25, 0.3) is 10.2 Å². The first-order valence-corrected chi connectivity index (χ1v) is 10.7. The molecule has 0 radical (unpaired) electrons. The highest BCUT2D eigenvalue weighted by molar-refractivity contribution is 7.21. The molecule has 2 aliphatic heterocycles. The Kier molecular flexibility index (Phi) is 4.68. The molecule has 2 saturated heterocycles. The molecule has 2 aliphatic rings. The molecule has 0 aromatic carbocycles. The van der Waals surface area contributed by atoms with Crippen LogP contribution in [0.3, 0.4) is 0 Å². The van der Waals surface area contributed by atoms with Gasteiger partial charge in [0.25, 0.3) is 5.91 Å². The van der Waals surface area contributed by atoms with Gasteiger partial charge in [-0.1, -0.05) is 0 Å². The molecule has 2 aromatic rings. The van der Waals surface area contributed by atoms with Gasteiger partial charge in [0.05, 0.1) is 11.4 Å². The molecule has 9 heteroatoms. The molecule has 2 atom stereocenters. The van der Waals surface area contributed by atoms with Gasteiger partial charge >= 0.3 is 6.09 Å². The summed E-state index contributed by atoms with van der Waals surface area (Å²) in [6.07, 6.45) is -0.275. The topological polar surface area (TPSA) is 102 Å². The van der Waals surface area contributed by atoms with Crippen LogP contribution in [0.1, 0.15) is 41.7 Å². The number of aryl methyl sites for hydroxylation is 2. The molecule has 0 aliphatic carbocycles. The Hall–Kier alpha value is -2.42. The summed E-state index contributed by atoms with van der Waals surface area (Å²) in [5, 5.41) is 9.19. The van der Waals surface area contributed by atoms with Gasteiger partial charge < -0.3 is 20.3 Å². The smallest absolute Gasteiger partial charge is 0.410 e. The highest BCUT2D eigenvalue weighted by atomic mass is 32.1. The number of rotatable bonds is 1. The Balaban J connectivity index is 1.47. The molecule has 8 nitrogen and oxygen atoms in total. The molecule has 2 fully saturated rings. The second-order valence-electron chi connectivity index (χ2n) is 9.05. The average Bonchev–Trinajstić information content (AvgIpc) is 3.27. The Morgan fingerprint density at radius 1 is 1.07 bits per heavy atom. The predicted molar refractivity (Wildman–Crippen MR) is 112 cm³/mol. The Morgan fingerprint density at radius 2 is 1.66 bits per heavy atom. The summed E-state index contributed by atoms with van der Waals surface area (Å²) in [6, 6.07) is 0. The second kappa shape index (κ2) is 6.83. The van der Waals surface area contributed by atoms with Crippen molar-refractivity contribution in [2.45, 2.75) is 40.2 Å². The van der Waals surface area contributed by atoms with Crippen molar-refractivity contribution >= 4 is 39.2 Å². The summed E-state index contributed by atoms with van der Waals surface area (Å²) in [5.74, 6) is 0.484. The number of carbonyl (C=O) groups is 2. The summed E-state index contributed by atoms with van der Waals surface area (Å²) >= 11 is 1.31. The SMILES string of the molecule is Cc1nnc2sc(C(=O)N3CC4CN(C(=O)OC(C)(C)C)CC4C3)c(N)c2c1C. The Morgan fingerprint density at radius 3 is 2.24 bits per heavy atom. The van der Waals surface area contributed by atoms with Crippen molar-refractivity contribution in [3.8, 4) is 0 Å². The minimum absolute atomic E-state index is 0.0548. The number of hydrogen-bond acceptors (Lipinski definition) is 7. The van der Waals surface area contributed by atoms with E-state index >= 15 is 0 Å². The number of nitrogen functional groups attached to an aromatic ring is 1. The lowest BCUT2D eigenvalue weighted by molar-refractivity contribution is 0.0275. The molecule has 0 bridgehead atoms. The van der Waals surface area contributed by atoms with E-state index in [-0.39, 0.29) is 23.8 Å². The van der Waals surface area contributed by atoms with Gasteiger partial charge in [-0.05, 0) is 40.2 Å². The largest absolute Gasteiger partial charge is 0.444 e. The van der Waals surface area contributed by atoms with Crippen molar-refractivity contribution in [3.05, 3.63) is 16.1 Å². The molecule has 2 N–H and O–H groups in total. The van der Waals surface area contributed by atoms with Gasteiger partial charge in [0.15, 0.2) is 0 Å². The number of thiophene rings is 1. The lowest BCUT2D eigenvalue weighted by Gasteiger charge is -2.26. The minimum Gasteiger partial charge on any atom is -0.444 e. The first kappa shape index (κ1) is 19.9. The van der Waals surface area contributed by atoms with Gasteiger partial charge in [-0.25, -0.2) is 4.79 Å². The van der Waals surface area contributed by atoms with E-state index in [1.807, 2.05) is 39.5 Å². The molecule has 0 spiro atoms. The van der Waals surface area contributed by atoms with Crippen LogP contribution in [0, 0.1) is 25.7 Å². The van der Waals surface area contributed by atoms with E-state index in [9.17, 15) is 9.59 Å². The first-order valence-electron chi connectivity index (χ1n) is 9.84. The maximum Gasteiger partial charge on any atom is 0.410 e. The number of ether oxygens (including phenoxy) is 1. The highest BCUT2D eigenvalue weighted by Gasteiger charge is 2.44. The molecule has 0 saturated carbocycles. The van der Waals surface area contributed by atoms with E-state index < -0.39 is 5.60 Å². The number of hydrogen-bond donors (Lipinski definition) is 1. The Bertz CT molecular complexity index is 982. The summed E-state index contributed by atoms with van der Waals surface area (Å²) < 4.78 is 5.48. The summed E-state index contributed by atoms with van der Waals surface area (Å²) in [5.41, 5.74) is 8.12. The fourth-order valence-corrected chi connectivity index (χ4v) is 5.25. The maximum absolute atomic E-state index is 13.2. The number of nitrogens with two attached hydrogens (primary N) is 1. The fourth-order valence-electron chi connectivity index (χ4n) is 4.18. The fraction of sp³-hybridized carbons (Fsp3) is 0.600. The average molecular weight is 418 g/mol.